The second-order valence-electron chi connectivity index (χ2n) is 6.85. The van der Waals surface area contributed by atoms with E-state index in [1.54, 1.807) is 12.1 Å². The fourth-order valence-electron chi connectivity index (χ4n) is 3.02. The summed E-state index contributed by atoms with van der Waals surface area (Å²) in [7, 11) is 0. The Balaban J connectivity index is 1.61. The molecule has 27 heavy (non-hydrogen) atoms. The molecule has 0 spiro atoms. The van der Waals surface area contributed by atoms with Gasteiger partial charge in [-0.2, -0.15) is 4.98 Å². The highest BCUT2D eigenvalue weighted by atomic mass is 35.5. The summed E-state index contributed by atoms with van der Waals surface area (Å²) < 4.78 is 5.61. The molecule has 1 N–H and O–H groups in total. The average Bonchev–Trinajstić information content (AvgIpc) is 2.92. The van der Waals surface area contributed by atoms with Crippen LogP contribution < -0.4 is 15.0 Å². The minimum absolute atomic E-state index is 0.124. The molecular formula is C20H25ClN4O2. The van der Waals surface area contributed by atoms with Crippen LogP contribution in [0.3, 0.4) is 0 Å². The number of nitrogens with zero attached hydrogens (tertiary/aromatic N) is 3. The molecule has 144 valence electrons. The third-order valence-corrected chi connectivity index (χ3v) is 4.92. The van der Waals surface area contributed by atoms with Crippen molar-refractivity contribution in [2.75, 3.05) is 29.9 Å². The minimum atomic E-state index is -0.262. The lowest BCUT2D eigenvalue weighted by atomic mass is 10.2. The third kappa shape index (κ3) is 5.57. The monoisotopic (exact) mass is 388 g/mol. The molecule has 2 aromatic rings. The number of benzene rings is 1. The van der Waals surface area contributed by atoms with Crippen LogP contribution in [-0.4, -0.2) is 35.6 Å². The Morgan fingerprint density at radius 3 is 2.59 bits per heavy atom. The van der Waals surface area contributed by atoms with Crippen LogP contribution in [-0.2, 0) is 4.79 Å². The van der Waals surface area contributed by atoms with Crippen LogP contribution in [0.5, 0.6) is 5.88 Å². The molecule has 0 unspecified atom stereocenters. The number of ether oxygens (including phenoxy) is 1. The summed E-state index contributed by atoms with van der Waals surface area (Å²) in [5, 5.41) is 3.39. The molecule has 1 aliphatic rings. The van der Waals surface area contributed by atoms with Crippen LogP contribution in [0.15, 0.2) is 24.3 Å². The highest BCUT2D eigenvalue weighted by Crippen LogP contribution is 2.21. The summed E-state index contributed by atoms with van der Waals surface area (Å²) in [6.07, 6.45) is 4.79. The van der Waals surface area contributed by atoms with E-state index in [0.29, 0.717) is 22.5 Å². The topological polar surface area (TPSA) is 67.3 Å². The second-order valence-corrected chi connectivity index (χ2v) is 7.26. The summed E-state index contributed by atoms with van der Waals surface area (Å²) in [5.74, 6) is 0.832. The second kappa shape index (κ2) is 9.04. The summed E-state index contributed by atoms with van der Waals surface area (Å²) in [6, 6.07) is 7.14. The lowest BCUT2D eigenvalue weighted by Crippen LogP contribution is -2.26. The molecule has 6 nitrogen and oxygen atoms in total. The zero-order valence-corrected chi connectivity index (χ0v) is 16.6. The van der Waals surface area contributed by atoms with E-state index in [4.69, 9.17) is 16.3 Å². The Hall–Kier alpha value is -2.34. The van der Waals surface area contributed by atoms with Gasteiger partial charge in [0, 0.05) is 35.6 Å². The van der Waals surface area contributed by atoms with Gasteiger partial charge in [0.25, 0.3) is 5.91 Å². The Morgan fingerprint density at radius 2 is 1.89 bits per heavy atom. The number of halogens is 1. The number of carbonyl (C=O) groups excluding carboxylic acids is 1. The summed E-state index contributed by atoms with van der Waals surface area (Å²) >= 11 is 6.09. The zero-order chi connectivity index (χ0) is 19.2. The maximum Gasteiger partial charge on any atom is 0.262 e. The van der Waals surface area contributed by atoms with Gasteiger partial charge in [0.1, 0.15) is 0 Å². The standard InChI is InChI=1S/C20H25ClN4O2/c1-14-7-8-16(12-17(14)21)23-18(26)13-27-19-11-15(2)22-20(24-19)25-9-5-3-4-6-10-25/h7-8,11-12H,3-6,9-10,13H2,1-2H3,(H,23,26). The van der Waals surface area contributed by atoms with Crippen molar-refractivity contribution in [3.05, 3.63) is 40.5 Å². The van der Waals surface area contributed by atoms with Gasteiger partial charge < -0.3 is 15.0 Å². The quantitative estimate of drug-likeness (QED) is 0.833. The maximum atomic E-state index is 12.2. The number of carbonyl (C=O) groups is 1. The Bertz CT molecular complexity index is 805. The van der Waals surface area contributed by atoms with E-state index in [1.807, 2.05) is 26.0 Å². The first-order valence-electron chi connectivity index (χ1n) is 9.31. The van der Waals surface area contributed by atoms with E-state index in [2.05, 4.69) is 20.2 Å². The molecular weight excluding hydrogens is 364 g/mol. The maximum absolute atomic E-state index is 12.2. The number of amides is 1. The first-order valence-corrected chi connectivity index (χ1v) is 9.68. The van der Waals surface area contributed by atoms with Crippen LogP contribution >= 0.6 is 11.6 Å². The molecule has 1 aliphatic heterocycles. The number of nitrogens with one attached hydrogen (secondary N) is 1. The van der Waals surface area contributed by atoms with Gasteiger partial charge in [0.05, 0.1) is 0 Å². The molecule has 0 saturated carbocycles. The van der Waals surface area contributed by atoms with Gasteiger partial charge in [-0.25, -0.2) is 4.98 Å². The van der Waals surface area contributed by atoms with Crippen molar-refractivity contribution in [3.8, 4) is 5.88 Å². The number of aryl methyl sites for hydroxylation is 2. The van der Waals surface area contributed by atoms with Crippen molar-refractivity contribution in [2.45, 2.75) is 39.5 Å². The van der Waals surface area contributed by atoms with Gasteiger partial charge in [0.2, 0.25) is 11.8 Å². The Morgan fingerprint density at radius 1 is 1.15 bits per heavy atom. The normalized spacial score (nSPS) is 14.6. The van der Waals surface area contributed by atoms with E-state index >= 15 is 0 Å². The van der Waals surface area contributed by atoms with E-state index < -0.39 is 0 Å². The fraction of sp³-hybridized carbons (Fsp3) is 0.450. The molecule has 0 aliphatic carbocycles. The van der Waals surface area contributed by atoms with Crippen LogP contribution in [0, 0.1) is 13.8 Å². The van der Waals surface area contributed by atoms with Crippen molar-refractivity contribution >= 4 is 29.1 Å². The molecule has 1 saturated heterocycles. The highest BCUT2D eigenvalue weighted by Gasteiger charge is 2.15. The summed E-state index contributed by atoms with van der Waals surface area (Å²) in [4.78, 5) is 23.4. The van der Waals surface area contributed by atoms with Gasteiger partial charge in [-0.3, -0.25) is 4.79 Å². The molecule has 1 amide bonds. The third-order valence-electron chi connectivity index (χ3n) is 4.51. The average molecular weight is 389 g/mol. The predicted octanol–water partition coefficient (Wildman–Crippen LogP) is 4.14. The fourth-order valence-corrected chi connectivity index (χ4v) is 3.20. The molecule has 2 heterocycles. The van der Waals surface area contributed by atoms with Gasteiger partial charge in [-0.1, -0.05) is 30.5 Å². The van der Waals surface area contributed by atoms with Crippen molar-refractivity contribution in [1.29, 1.82) is 0 Å². The van der Waals surface area contributed by atoms with Crippen molar-refractivity contribution in [1.82, 2.24) is 9.97 Å². The largest absolute Gasteiger partial charge is 0.467 e. The zero-order valence-electron chi connectivity index (χ0n) is 15.8. The lowest BCUT2D eigenvalue weighted by molar-refractivity contribution is -0.118. The molecule has 7 heteroatoms. The van der Waals surface area contributed by atoms with Crippen LogP contribution in [0.1, 0.15) is 36.9 Å². The van der Waals surface area contributed by atoms with Crippen molar-refractivity contribution in [2.24, 2.45) is 0 Å². The number of hydrogen-bond donors (Lipinski definition) is 1. The number of aromatic nitrogens is 2. The van der Waals surface area contributed by atoms with E-state index in [9.17, 15) is 4.79 Å². The lowest BCUT2D eigenvalue weighted by Gasteiger charge is -2.21. The molecule has 0 radical (unpaired) electrons. The number of rotatable bonds is 5. The van der Waals surface area contributed by atoms with Crippen molar-refractivity contribution < 1.29 is 9.53 Å². The Kier molecular flexibility index (Phi) is 6.50. The van der Waals surface area contributed by atoms with Crippen LogP contribution in [0.2, 0.25) is 5.02 Å². The minimum Gasteiger partial charge on any atom is -0.467 e. The first-order chi connectivity index (χ1) is 13.0. The van der Waals surface area contributed by atoms with E-state index in [1.165, 1.54) is 12.8 Å². The predicted molar refractivity (Wildman–Crippen MR) is 108 cm³/mol. The van der Waals surface area contributed by atoms with Crippen LogP contribution in [0.4, 0.5) is 11.6 Å². The van der Waals surface area contributed by atoms with Gasteiger partial charge in [-0.05, 0) is 44.4 Å². The molecule has 3 rings (SSSR count). The Labute approximate surface area is 164 Å². The number of hydrogen-bond acceptors (Lipinski definition) is 5. The molecule has 1 aromatic carbocycles. The van der Waals surface area contributed by atoms with Gasteiger partial charge in [-0.15, -0.1) is 0 Å². The molecule has 1 aromatic heterocycles. The van der Waals surface area contributed by atoms with Crippen molar-refractivity contribution in [3.63, 3.8) is 0 Å². The van der Waals surface area contributed by atoms with Gasteiger partial charge >= 0.3 is 0 Å². The number of anilines is 2. The highest BCUT2D eigenvalue weighted by molar-refractivity contribution is 6.31. The molecule has 0 bridgehead atoms. The van der Waals surface area contributed by atoms with E-state index in [-0.39, 0.29) is 12.5 Å². The first kappa shape index (κ1) is 19.4. The van der Waals surface area contributed by atoms with Gasteiger partial charge in [0.15, 0.2) is 6.61 Å². The van der Waals surface area contributed by atoms with Crippen LogP contribution in [0.25, 0.3) is 0 Å². The molecule has 1 fully saturated rings. The summed E-state index contributed by atoms with van der Waals surface area (Å²) in [5.41, 5.74) is 2.43. The molecule has 0 atom stereocenters. The SMILES string of the molecule is Cc1cc(OCC(=O)Nc2ccc(C)c(Cl)c2)nc(N2CCCCCC2)n1. The smallest absolute Gasteiger partial charge is 0.262 e. The summed E-state index contributed by atoms with van der Waals surface area (Å²) in [6.45, 7) is 5.61. The van der Waals surface area contributed by atoms with E-state index in [0.717, 1.165) is 37.2 Å².